The molecule has 2 aliphatic rings. The van der Waals surface area contributed by atoms with E-state index < -0.39 is 12.5 Å². The van der Waals surface area contributed by atoms with Crippen LogP contribution in [0.5, 0.6) is 0 Å². The van der Waals surface area contributed by atoms with Crippen molar-refractivity contribution in [1.29, 1.82) is 0 Å². The number of hydrogen-bond acceptors (Lipinski definition) is 8. The second-order valence-corrected chi connectivity index (χ2v) is 11.9. The van der Waals surface area contributed by atoms with Crippen molar-refractivity contribution in [2.24, 2.45) is 0 Å². The average Bonchev–Trinajstić information content (AvgIpc) is 3.16. The van der Waals surface area contributed by atoms with Gasteiger partial charge in [0, 0.05) is 37.1 Å². The molecule has 0 bridgehead atoms. The molecule has 2 fully saturated rings. The maximum absolute atomic E-state index is 12.1. The second kappa shape index (κ2) is 11.4. The number of carbonyl (C=O) groups excluding carboxylic acids is 2. The van der Waals surface area contributed by atoms with Crippen LogP contribution in [0.1, 0.15) is 74.2 Å². The quantitative estimate of drug-likeness (QED) is 0.587. The van der Waals surface area contributed by atoms with E-state index in [1.807, 2.05) is 41.5 Å². The fourth-order valence-electron chi connectivity index (χ4n) is 3.99. The molecular formula is C27H44N8O4. The fraction of sp³-hybridized carbons (Fsp3) is 0.630. The molecular weight excluding hydrogens is 500 g/mol. The molecule has 0 aliphatic carbocycles. The molecule has 4 rings (SSSR count). The minimum absolute atomic E-state index is 0. The summed E-state index contributed by atoms with van der Waals surface area (Å²) in [7, 11) is 3.34. The molecule has 0 unspecified atom stereocenters. The third-order valence-electron chi connectivity index (χ3n) is 6.97. The van der Waals surface area contributed by atoms with Crippen LogP contribution in [-0.2, 0) is 10.8 Å². The Kier molecular flexibility index (Phi) is 9.30. The first kappa shape index (κ1) is 31.8. The average molecular weight is 545 g/mol. The molecule has 0 spiro atoms. The molecule has 2 saturated heterocycles. The van der Waals surface area contributed by atoms with Crippen LogP contribution in [-0.4, -0.2) is 90.6 Å². The Morgan fingerprint density at radius 3 is 1.21 bits per heavy atom. The molecule has 39 heavy (non-hydrogen) atoms. The molecule has 2 aromatic rings. The van der Waals surface area contributed by atoms with Gasteiger partial charge >= 0.3 is 12.1 Å². The van der Waals surface area contributed by atoms with E-state index in [1.165, 1.54) is 32.3 Å². The molecule has 2 N–H and O–H groups in total. The number of urea groups is 2. The summed E-state index contributed by atoms with van der Waals surface area (Å²) in [6, 6.07) is 2.48. The number of hydrogen-bond donors (Lipinski definition) is 2. The van der Waals surface area contributed by atoms with E-state index in [9.17, 15) is 19.8 Å². The monoisotopic (exact) mass is 544 g/mol. The summed E-state index contributed by atoms with van der Waals surface area (Å²) >= 11 is 0. The number of rotatable bonds is 2. The topological polar surface area (TPSA) is 139 Å². The minimum Gasteiger partial charge on any atom is -0.371 e. The van der Waals surface area contributed by atoms with Crippen LogP contribution in [0, 0.1) is 0 Å². The first-order valence-corrected chi connectivity index (χ1v) is 12.6. The van der Waals surface area contributed by atoms with Crippen LogP contribution in [0.2, 0.25) is 0 Å². The van der Waals surface area contributed by atoms with Crippen molar-refractivity contribution < 1.29 is 19.8 Å². The van der Waals surface area contributed by atoms with Gasteiger partial charge in [-0.3, -0.25) is 0 Å². The lowest BCUT2D eigenvalue weighted by molar-refractivity contribution is 0.138. The zero-order chi connectivity index (χ0) is 28.7. The molecule has 0 aromatic carbocycles. The van der Waals surface area contributed by atoms with Crippen molar-refractivity contribution >= 4 is 23.7 Å². The van der Waals surface area contributed by atoms with E-state index in [1.54, 1.807) is 40.1 Å². The lowest BCUT2D eigenvalue weighted by Gasteiger charge is -2.22. The maximum Gasteiger partial charge on any atom is 0.328 e. The van der Waals surface area contributed by atoms with Crippen molar-refractivity contribution in [1.82, 2.24) is 29.7 Å². The van der Waals surface area contributed by atoms with Crippen molar-refractivity contribution in [2.45, 2.75) is 98.2 Å². The first-order chi connectivity index (χ1) is 17.5. The van der Waals surface area contributed by atoms with Gasteiger partial charge < -0.3 is 20.0 Å². The Morgan fingerprint density at radius 2 is 0.974 bits per heavy atom. The van der Waals surface area contributed by atoms with Gasteiger partial charge in [0.05, 0.1) is 23.5 Å². The molecule has 0 radical (unpaired) electrons. The summed E-state index contributed by atoms with van der Waals surface area (Å²) in [5, 5.41) is 20.3. The van der Waals surface area contributed by atoms with Crippen LogP contribution in [0.25, 0.3) is 0 Å². The highest BCUT2D eigenvalue weighted by atomic mass is 16.3. The predicted octanol–water partition coefficient (Wildman–Crippen LogP) is 3.34. The number of aliphatic hydroxyl groups excluding tert-OH is 2. The van der Waals surface area contributed by atoms with Crippen molar-refractivity contribution in [3.05, 3.63) is 36.2 Å². The van der Waals surface area contributed by atoms with Gasteiger partial charge in [-0.25, -0.2) is 39.3 Å². The number of anilines is 2. The summed E-state index contributed by atoms with van der Waals surface area (Å²) in [6.45, 7) is 15.8. The maximum atomic E-state index is 12.1. The summed E-state index contributed by atoms with van der Waals surface area (Å²) in [5.41, 5.74) is 1.39. The zero-order valence-corrected chi connectivity index (χ0v) is 23.9. The number of aromatic nitrogens is 4. The smallest absolute Gasteiger partial charge is 0.328 e. The SMILES string of the molecule is C.C[C@H]1[C@@H](O)N(c2cc(C(C)(C)C)ncn2)C(=O)N1C.C[C@H]1[C@H](O)N(c2cc(C(C)(C)C)ncn2)C(=O)N1C. The highest BCUT2D eigenvalue weighted by molar-refractivity contribution is 5.94. The Labute approximate surface area is 231 Å². The normalized spacial score (nSPS) is 23.6. The largest absolute Gasteiger partial charge is 0.371 e. The molecule has 0 saturated carbocycles. The molecule has 216 valence electrons. The van der Waals surface area contributed by atoms with E-state index in [0.717, 1.165) is 11.4 Å². The van der Waals surface area contributed by atoms with E-state index >= 15 is 0 Å². The number of amides is 4. The third kappa shape index (κ3) is 6.27. The molecule has 12 nitrogen and oxygen atoms in total. The summed E-state index contributed by atoms with van der Waals surface area (Å²) in [4.78, 5) is 46.5. The Morgan fingerprint density at radius 1 is 0.667 bits per heavy atom. The van der Waals surface area contributed by atoms with Crippen LogP contribution in [0.3, 0.4) is 0 Å². The second-order valence-electron chi connectivity index (χ2n) is 11.9. The number of aliphatic hydroxyl groups is 2. The van der Waals surface area contributed by atoms with Crippen molar-refractivity contribution in [2.75, 3.05) is 23.9 Å². The predicted molar refractivity (Wildman–Crippen MR) is 150 cm³/mol. The number of carbonyl (C=O) groups is 2. The van der Waals surface area contributed by atoms with Crippen LogP contribution in [0.4, 0.5) is 21.2 Å². The van der Waals surface area contributed by atoms with Gasteiger partial charge in [0.15, 0.2) is 12.5 Å². The van der Waals surface area contributed by atoms with E-state index in [0.29, 0.717) is 11.6 Å². The molecule has 4 heterocycles. The Balaban J connectivity index is 0.000000267. The lowest BCUT2D eigenvalue weighted by atomic mass is 9.92. The molecule has 12 heteroatoms. The van der Waals surface area contributed by atoms with Crippen LogP contribution in [0.15, 0.2) is 24.8 Å². The summed E-state index contributed by atoms with van der Waals surface area (Å²) in [6.07, 6.45) is 1.08. The molecule has 4 atom stereocenters. The zero-order valence-electron chi connectivity index (χ0n) is 23.9. The molecule has 2 aliphatic heterocycles. The van der Waals surface area contributed by atoms with Gasteiger partial charge in [-0.1, -0.05) is 49.0 Å². The first-order valence-electron chi connectivity index (χ1n) is 12.6. The van der Waals surface area contributed by atoms with Crippen molar-refractivity contribution in [3.8, 4) is 0 Å². The van der Waals surface area contributed by atoms with E-state index in [2.05, 4.69) is 19.9 Å². The number of likely N-dealkylation sites (N-methyl/N-ethyl adjacent to an activating group) is 2. The minimum atomic E-state index is -0.889. The van der Waals surface area contributed by atoms with E-state index in [-0.39, 0.29) is 42.4 Å². The van der Waals surface area contributed by atoms with Gasteiger partial charge in [-0.15, -0.1) is 0 Å². The van der Waals surface area contributed by atoms with Crippen LogP contribution >= 0.6 is 0 Å². The fourth-order valence-corrected chi connectivity index (χ4v) is 3.99. The van der Waals surface area contributed by atoms with Gasteiger partial charge in [0.25, 0.3) is 0 Å². The van der Waals surface area contributed by atoms with Gasteiger partial charge in [0.1, 0.15) is 24.3 Å². The molecule has 2 aromatic heterocycles. The molecule has 4 amide bonds. The lowest BCUT2D eigenvalue weighted by Crippen LogP contribution is -2.36. The van der Waals surface area contributed by atoms with Gasteiger partial charge in [0.2, 0.25) is 0 Å². The number of nitrogens with zero attached hydrogens (tertiary/aromatic N) is 8. The standard InChI is InChI=1S/2C13H20N4O2.CH4/c2*1-8-11(18)17(12(19)16(8)5)10-6-9(13(2,3)4)14-7-15-10;/h2*6-8,11,18H,1-5H3;1H4/t8-,11+;8-,11-;/m00./s1. The summed E-state index contributed by atoms with van der Waals surface area (Å²) < 4.78 is 0. The van der Waals surface area contributed by atoms with E-state index in [4.69, 9.17) is 0 Å². The van der Waals surface area contributed by atoms with Crippen molar-refractivity contribution in [3.63, 3.8) is 0 Å². The third-order valence-corrected chi connectivity index (χ3v) is 6.97. The van der Waals surface area contributed by atoms with Crippen LogP contribution < -0.4 is 9.80 Å². The van der Waals surface area contributed by atoms with Gasteiger partial charge in [-0.2, -0.15) is 0 Å². The van der Waals surface area contributed by atoms with Gasteiger partial charge in [-0.05, 0) is 13.8 Å². The highest BCUT2D eigenvalue weighted by Gasteiger charge is 2.43. The Bertz CT molecular complexity index is 1090. The summed E-state index contributed by atoms with van der Waals surface area (Å²) in [5.74, 6) is 0.877. The Hall–Kier alpha value is -3.38. The highest BCUT2D eigenvalue weighted by Crippen LogP contribution is 2.29.